The van der Waals surface area contributed by atoms with Crippen molar-refractivity contribution in [1.82, 2.24) is 10.3 Å². The second-order valence-corrected chi connectivity index (χ2v) is 8.66. The van der Waals surface area contributed by atoms with Crippen molar-refractivity contribution in [2.75, 3.05) is 0 Å². The Kier molecular flexibility index (Phi) is 5.13. The van der Waals surface area contributed by atoms with Crippen molar-refractivity contribution in [2.24, 2.45) is 5.92 Å². The lowest BCUT2D eigenvalue weighted by Gasteiger charge is -2.36. The van der Waals surface area contributed by atoms with Crippen LogP contribution in [0.5, 0.6) is 0 Å². The van der Waals surface area contributed by atoms with Gasteiger partial charge in [0.1, 0.15) is 0 Å². The van der Waals surface area contributed by atoms with E-state index in [2.05, 4.69) is 62.5 Å². The van der Waals surface area contributed by atoms with E-state index in [9.17, 15) is 0 Å². The second-order valence-electron chi connectivity index (χ2n) is 8.66. The summed E-state index contributed by atoms with van der Waals surface area (Å²) >= 11 is 0. The van der Waals surface area contributed by atoms with Crippen LogP contribution in [-0.4, -0.2) is 11.0 Å². The van der Waals surface area contributed by atoms with Gasteiger partial charge in [-0.3, -0.25) is 4.98 Å². The van der Waals surface area contributed by atoms with Crippen LogP contribution in [0.3, 0.4) is 0 Å². The first-order valence-corrected chi connectivity index (χ1v) is 10.4. The van der Waals surface area contributed by atoms with Crippen LogP contribution in [0.15, 0.2) is 36.4 Å². The normalized spacial score (nSPS) is 23.4. The summed E-state index contributed by atoms with van der Waals surface area (Å²) in [7, 11) is 0. The highest BCUT2D eigenvalue weighted by atomic mass is 15.0. The largest absolute Gasteiger partial charge is 0.307 e. The SMILES string of the molecule is CC(CC1NC(C(C)C)Cc2ccccc21)c1ccc2c(n1)CCCC2. The number of nitrogens with one attached hydrogen (secondary N) is 1. The van der Waals surface area contributed by atoms with Gasteiger partial charge in [-0.15, -0.1) is 0 Å². The summed E-state index contributed by atoms with van der Waals surface area (Å²) in [6, 6.07) is 14.6. The number of hydrogen-bond donors (Lipinski definition) is 1. The van der Waals surface area contributed by atoms with Gasteiger partial charge in [-0.2, -0.15) is 0 Å². The third kappa shape index (κ3) is 3.57. The van der Waals surface area contributed by atoms with Crippen molar-refractivity contribution in [2.45, 2.75) is 77.3 Å². The minimum Gasteiger partial charge on any atom is -0.307 e. The molecule has 2 heterocycles. The van der Waals surface area contributed by atoms with E-state index in [1.807, 2.05) is 0 Å². The smallest absolute Gasteiger partial charge is 0.0438 e. The Morgan fingerprint density at radius 1 is 1.00 bits per heavy atom. The molecule has 0 fully saturated rings. The minimum absolute atomic E-state index is 0.431. The number of hydrogen-bond acceptors (Lipinski definition) is 2. The first-order valence-electron chi connectivity index (χ1n) is 10.4. The fourth-order valence-corrected chi connectivity index (χ4v) is 4.68. The van der Waals surface area contributed by atoms with Crippen LogP contribution < -0.4 is 5.32 Å². The van der Waals surface area contributed by atoms with Crippen LogP contribution in [0.25, 0.3) is 0 Å². The number of aryl methyl sites for hydroxylation is 2. The average Bonchev–Trinajstić information content (AvgIpc) is 2.67. The molecule has 0 bridgehead atoms. The van der Waals surface area contributed by atoms with E-state index < -0.39 is 0 Å². The predicted octanol–water partition coefficient (Wildman–Crippen LogP) is 5.37. The molecule has 3 unspecified atom stereocenters. The van der Waals surface area contributed by atoms with Gasteiger partial charge in [-0.05, 0) is 67.2 Å². The standard InChI is InChI=1S/C24H32N2/c1-16(2)23-15-19-9-4-6-10-20(19)24(26-23)14-17(3)21-13-12-18-8-5-7-11-22(18)25-21/h4,6,9-10,12-13,16-17,23-24,26H,5,7-8,11,14-15H2,1-3H3. The van der Waals surface area contributed by atoms with Crippen LogP contribution in [-0.2, 0) is 19.3 Å². The Bertz CT molecular complexity index is 765. The summed E-state index contributed by atoms with van der Waals surface area (Å²) in [5.41, 5.74) is 7.14. The summed E-state index contributed by atoms with van der Waals surface area (Å²) in [5.74, 6) is 1.13. The number of aromatic nitrogens is 1. The maximum Gasteiger partial charge on any atom is 0.0438 e. The predicted molar refractivity (Wildman–Crippen MR) is 109 cm³/mol. The number of benzene rings is 1. The summed E-state index contributed by atoms with van der Waals surface area (Å²) in [4.78, 5) is 5.06. The van der Waals surface area contributed by atoms with E-state index in [0.29, 0.717) is 23.9 Å². The molecule has 0 saturated carbocycles. The molecule has 2 aliphatic rings. The quantitative estimate of drug-likeness (QED) is 0.804. The number of pyridine rings is 1. The van der Waals surface area contributed by atoms with Crippen LogP contribution >= 0.6 is 0 Å². The van der Waals surface area contributed by atoms with Gasteiger partial charge < -0.3 is 5.32 Å². The van der Waals surface area contributed by atoms with Crippen LogP contribution in [0.1, 0.15) is 80.1 Å². The van der Waals surface area contributed by atoms with Crippen molar-refractivity contribution in [3.05, 3.63) is 64.5 Å². The first-order chi connectivity index (χ1) is 12.6. The van der Waals surface area contributed by atoms with Gasteiger partial charge in [0.25, 0.3) is 0 Å². The maximum absolute atomic E-state index is 5.06. The molecular weight excluding hydrogens is 316 g/mol. The Labute approximate surface area is 158 Å². The van der Waals surface area contributed by atoms with Gasteiger partial charge in [0.05, 0.1) is 0 Å². The summed E-state index contributed by atoms with van der Waals surface area (Å²) < 4.78 is 0. The number of fused-ring (bicyclic) bond motifs is 2. The molecule has 0 spiro atoms. The Balaban J connectivity index is 1.56. The van der Waals surface area contributed by atoms with Gasteiger partial charge in [-0.1, -0.05) is 51.1 Å². The zero-order valence-electron chi connectivity index (χ0n) is 16.5. The zero-order chi connectivity index (χ0) is 18.1. The number of rotatable bonds is 4. The summed E-state index contributed by atoms with van der Waals surface area (Å²) in [5, 5.41) is 3.94. The van der Waals surface area contributed by atoms with Gasteiger partial charge in [0.15, 0.2) is 0 Å². The molecule has 4 rings (SSSR count). The molecule has 2 nitrogen and oxygen atoms in total. The van der Waals surface area contributed by atoms with E-state index in [1.165, 1.54) is 47.3 Å². The van der Waals surface area contributed by atoms with Gasteiger partial charge in [0.2, 0.25) is 0 Å². The van der Waals surface area contributed by atoms with E-state index in [4.69, 9.17) is 4.98 Å². The van der Waals surface area contributed by atoms with E-state index >= 15 is 0 Å². The van der Waals surface area contributed by atoms with Crippen LogP contribution in [0, 0.1) is 5.92 Å². The molecule has 1 N–H and O–H groups in total. The van der Waals surface area contributed by atoms with E-state index in [0.717, 1.165) is 19.3 Å². The third-order valence-electron chi connectivity index (χ3n) is 6.38. The van der Waals surface area contributed by atoms with Crippen molar-refractivity contribution in [1.29, 1.82) is 0 Å². The lowest BCUT2D eigenvalue weighted by Crippen LogP contribution is -2.43. The topological polar surface area (TPSA) is 24.9 Å². The van der Waals surface area contributed by atoms with Crippen LogP contribution in [0.4, 0.5) is 0 Å². The molecule has 1 aromatic heterocycles. The molecule has 1 aliphatic carbocycles. The molecule has 3 atom stereocenters. The Morgan fingerprint density at radius 3 is 2.65 bits per heavy atom. The lowest BCUT2D eigenvalue weighted by atomic mass is 9.82. The molecule has 26 heavy (non-hydrogen) atoms. The van der Waals surface area contributed by atoms with Crippen LogP contribution in [0.2, 0.25) is 0 Å². The second kappa shape index (κ2) is 7.52. The summed E-state index contributed by atoms with van der Waals surface area (Å²) in [6.45, 7) is 7.01. The highest BCUT2D eigenvalue weighted by Gasteiger charge is 2.29. The molecule has 0 saturated heterocycles. The maximum atomic E-state index is 5.06. The Morgan fingerprint density at radius 2 is 1.81 bits per heavy atom. The van der Waals surface area contributed by atoms with Crippen molar-refractivity contribution >= 4 is 0 Å². The van der Waals surface area contributed by atoms with Crippen molar-refractivity contribution < 1.29 is 0 Å². The Hall–Kier alpha value is -1.67. The zero-order valence-corrected chi connectivity index (χ0v) is 16.5. The highest BCUT2D eigenvalue weighted by Crippen LogP contribution is 2.34. The average molecular weight is 349 g/mol. The fourth-order valence-electron chi connectivity index (χ4n) is 4.68. The lowest BCUT2D eigenvalue weighted by molar-refractivity contribution is 0.311. The molecule has 1 aromatic carbocycles. The molecular formula is C24H32N2. The molecule has 138 valence electrons. The molecule has 2 heteroatoms. The van der Waals surface area contributed by atoms with Crippen molar-refractivity contribution in [3.63, 3.8) is 0 Å². The first kappa shape index (κ1) is 17.7. The third-order valence-corrected chi connectivity index (χ3v) is 6.38. The van der Waals surface area contributed by atoms with E-state index in [1.54, 1.807) is 0 Å². The molecule has 2 aromatic rings. The fraction of sp³-hybridized carbons (Fsp3) is 0.542. The monoisotopic (exact) mass is 348 g/mol. The highest BCUT2D eigenvalue weighted by molar-refractivity contribution is 5.34. The molecule has 0 radical (unpaired) electrons. The molecule has 1 aliphatic heterocycles. The van der Waals surface area contributed by atoms with Gasteiger partial charge >= 0.3 is 0 Å². The molecule has 0 amide bonds. The van der Waals surface area contributed by atoms with Gasteiger partial charge in [-0.25, -0.2) is 0 Å². The van der Waals surface area contributed by atoms with Crippen molar-refractivity contribution in [3.8, 4) is 0 Å². The summed E-state index contributed by atoms with van der Waals surface area (Å²) in [6.07, 6.45) is 7.26. The number of nitrogens with zero attached hydrogens (tertiary/aromatic N) is 1. The van der Waals surface area contributed by atoms with Gasteiger partial charge in [0, 0.05) is 29.4 Å². The van der Waals surface area contributed by atoms with E-state index in [-0.39, 0.29) is 0 Å². The minimum atomic E-state index is 0.431.